The fourth-order valence-corrected chi connectivity index (χ4v) is 1.37. The number of aromatic nitrogens is 2. The Bertz CT molecular complexity index is 398. The standard InChI is InChI=1S/C10H16N2O3/c1-5(2)7(15-4)8-11-9(13)6(3)10(14)12-8/h5,7H,1-4H3,(H2,11,12,13,14). The lowest BCUT2D eigenvalue weighted by molar-refractivity contribution is 0.0567. The Morgan fingerprint density at radius 1 is 1.47 bits per heavy atom. The van der Waals surface area contributed by atoms with Gasteiger partial charge in [-0.2, -0.15) is 4.98 Å². The molecule has 5 heteroatoms. The van der Waals surface area contributed by atoms with E-state index in [1.165, 1.54) is 6.92 Å². The van der Waals surface area contributed by atoms with Gasteiger partial charge in [0, 0.05) is 7.11 Å². The summed E-state index contributed by atoms with van der Waals surface area (Å²) < 4.78 is 5.20. The average molecular weight is 212 g/mol. The number of ether oxygens (including phenoxy) is 1. The number of hydrogen-bond acceptors (Lipinski definition) is 4. The number of rotatable bonds is 3. The molecule has 5 nitrogen and oxygen atoms in total. The maximum atomic E-state index is 11.4. The van der Waals surface area contributed by atoms with E-state index in [0.29, 0.717) is 5.82 Å². The molecule has 1 aromatic rings. The quantitative estimate of drug-likeness (QED) is 0.787. The summed E-state index contributed by atoms with van der Waals surface area (Å²) in [6.07, 6.45) is -0.316. The molecule has 0 spiro atoms. The van der Waals surface area contributed by atoms with Crippen molar-refractivity contribution in [3.05, 3.63) is 21.7 Å². The molecule has 0 aliphatic heterocycles. The lowest BCUT2D eigenvalue weighted by atomic mass is 10.1. The molecular formula is C10H16N2O3. The zero-order valence-electron chi connectivity index (χ0n) is 9.37. The van der Waals surface area contributed by atoms with Gasteiger partial charge in [0.15, 0.2) is 0 Å². The predicted molar refractivity (Wildman–Crippen MR) is 55.8 cm³/mol. The SMILES string of the molecule is COC(c1nc(O)c(C)c(=O)[nH]1)C(C)C. The zero-order valence-corrected chi connectivity index (χ0v) is 9.37. The Hall–Kier alpha value is -1.36. The van der Waals surface area contributed by atoms with Gasteiger partial charge in [-0.15, -0.1) is 0 Å². The smallest absolute Gasteiger partial charge is 0.257 e. The number of nitrogens with zero attached hydrogens (tertiary/aromatic N) is 1. The molecule has 1 heterocycles. The first kappa shape index (κ1) is 11.7. The number of H-pyrrole nitrogens is 1. The van der Waals surface area contributed by atoms with Crippen molar-refractivity contribution in [3.8, 4) is 5.88 Å². The van der Waals surface area contributed by atoms with Crippen molar-refractivity contribution in [2.75, 3.05) is 7.11 Å². The Morgan fingerprint density at radius 2 is 2.07 bits per heavy atom. The third-order valence-electron chi connectivity index (χ3n) is 2.27. The molecule has 0 radical (unpaired) electrons. The number of nitrogens with one attached hydrogen (secondary N) is 1. The maximum Gasteiger partial charge on any atom is 0.257 e. The molecule has 1 rings (SSSR count). The van der Waals surface area contributed by atoms with Crippen LogP contribution in [0.2, 0.25) is 0 Å². The third-order valence-corrected chi connectivity index (χ3v) is 2.27. The third kappa shape index (κ3) is 2.36. The Kier molecular flexibility index (Phi) is 3.47. The van der Waals surface area contributed by atoms with Crippen molar-refractivity contribution < 1.29 is 9.84 Å². The van der Waals surface area contributed by atoms with Gasteiger partial charge in [-0.25, -0.2) is 0 Å². The topological polar surface area (TPSA) is 75.2 Å². The van der Waals surface area contributed by atoms with Crippen LogP contribution in [-0.4, -0.2) is 22.2 Å². The molecule has 2 N–H and O–H groups in total. The molecule has 0 saturated carbocycles. The highest BCUT2D eigenvalue weighted by Crippen LogP contribution is 2.22. The molecule has 0 aliphatic carbocycles. The van der Waals surface area contributed by atoms with Crippen molar-refractivity contribution in [2.45, 2.75) is 26.9 Å². The van der Waals surface area contributed by atoms with Crippen LogP contribution in [0.5, 0.6) is 5.88 Å². The second-order valence-electron chi connectivity index (χ2n) is 3.80. The predicted octanol–water partition coefficient (Wildman–Crippen LogP) is 1.13. The minimum atomic E-state index is -0.333. The molecule has 1 aromatic heterocycles. The fourth-order valence-electron chi connectivity index (χ4n) is 1.37. The number of methoxy groups -OCH3 is 1. The normalized spacial score (nSPS) is 13.1. The van der Waals surface area contributed by atoms with Crippen molar-refractivity contribution in [1.29, 1.82) is 0 Å². The summed E-state index contributed by atoms with van der Waals surface area (Å²) in [5.41, 5.74) is -0.113. The second-order valence-corrected chi connectivity index (χ2v) is 3.80. The monoisotopic (exact) mass is 212 g/mol. The summed E-state index contributed by atoms with van der Waals surface area (Å²) in [5.74, 6) is 0.289. The van der Waals surface area contributed by atoms with E-state index in [2.05, 4.69) is 9.97 Å². The molecule has 84 valence electrons. The van der Waals surface area contributed by atoms with Gasteiger partial charge in [0.25, 0.3) is 5.56 Å². The van der Waals surface area contributed by atoms with Gasteiger partial charge in [0.1, 0.15) is 11.9 Å². The van der Waals surface area contributed by atoms with Crippen molar-refractivity contribution in [3.63, 3.8) is 0 Å². The van der Waals surface area contributed by atoms with Crippen LogP contribution in [0.15, 0.2) is 4.79 Å². The van der Waals surface area contributed by atoms with E-state index in [1.54, 1.807) is 7.11 Å². The lowest BCUT2D eigenvalue weighted by Gasteiger charge is -2.18. The Balaban J connectivity index is 3.21. The Morgan fingerprint density at radius 3 is 2.47 bits per heavy atom. The summed E-state index contributed by atoms with van der Waals surface area (Å²) in [7, 11) is 1.54. The molecule has 0 amide bonds. The average Bonchev–Trinajstić information content (AvgIpc) is 2.14. The second kappa shape index (κ2) is 4.44. The fraction of sp³-hybridized carbons (Fsp3) is 0.600. The lowest BCUT2D eigenvalue weighted by Crippen LogP contribution is -2.20. The molecule has 0 aromatic carbocycles. The number of hydrogen-bond donors (Lipinski definition) is 2. The molecule has 1 atom stereocenters. The molecule has 0 aliphatic rings. The van der Waals surface area contributed by atoms with Crippen molar-refractivity contribution in [2.24, 2.45) is 5.92 Å². The number of aromatic amines is 1. The summed E-state index contributed by atoms with van der Waals surface area (Å²) in [6.45, 7) is 5.41. The van der Waals surface area contributed by atoms with Crippen molar-refractivity contribution in [1.82, 2.24) is 9.97 Å². The van der Waals surface area contributed by atoms with E-state index in [9.17, 15) is 9.90 Å². The molecular weight excluding hydrogens is 196 g/mol. The van der Waals surface area contributed by atoms with Gasteiger partial charge in [-0.05, 0) is 12.8 Å². The zero-order chi connectivity index (χ0) is 11.6. The van der Waals surface area contributed by atoms with E-state index >= 15 is 0 Å². The van der Waals surface area contributed by atoms with Crippen LogP contribution in [0.4, 0.5) is 0 Å². The maximum absolute atomic E-state index is 11.4. The minimum Gasteiger partial charge on any atom is -0.493 e. The molecule has 1 unspecified atom stereocenters. The van der Waals surface area contributed by atoms with Crippen LogP contribution in [0, 0.1) is 12.8 Å². The molecule has 0 saturated heterocycles. The number of aromatic hydroxyl groups is 1. The van der Waals surface area contributed by atoms with Crippen LogP contribution in [0.1, 0.15) is 31.3 Å². The van der Waals surface area contributed by atoms with Gasteiger partial charge in [-0.1, -0.05) is 13.8 Å². The van der Waals surface area contributed by atoms with Gasteiger partial charge >= 0.3 is 0 Å². The van der Waals surface area contributed by atoms with Gasteiger partial charge < -0.3 is 14.8 Å². The highest BCUT2D eigenvalue weighted by Gasteiger charge is 2.19. The van der Waals surface area contributed by atoms with E-state index < -0.39 is 0 Å². The summed E-state index contributed by atoms with van der Waals surface area (Å²) in [4.78, 5) is 17.9. The molecule has 0 bridgehead atoms. The highest BCUT2D eigenvalue weighted by atomic mass is 16.5. The van der Waals surface area contributed by atoms with Crippen molar-refractivity contribution >= 4 is 0 Å². The summed E-state index contributed by atoms with van der Waals surface area (Å²) in [5, 5.41) is 9.42. The van der Waals surface area contributed by atoms with E-state index in [0.717, 1.165) is 0 Å². The minimum absolute atomic E-state index is 0.167. The first-order valence-corrected chi connectivity index (χ1v) is 4.80. The first-order valence-electron chi connectivity index (χ1n) is 4.80. The van der Waals surface area contributed by atoms with Crippen LogP contribution < -0.4 is 5.56 Å². The van der Waals surface area contributed by atoms with E-state index in [-0.39, 0.29) is 29.0 Å². The van der Waals surface area contributed by atoms with E-state index in [4.69, 9.17) is 4.74 Å². The van der Waals surface area contributed by atoms with Crippen LogP contribution in [0.3, 0.4) is 0 Å². The highest BCUT2D eigenvalue weighted by molar-refractivity contribution is 5.20. The summed E-state index contributed by atoms with van der Waals surface area (Å²) in [6, 6.07) is 0. The van der Waals surface area contributed by atoms with Crippen LogP contribution in [-0.2, 0) is 4.74 Å². The molecule has 0 fully saturated rings. The first-order chi connectivity index (χ1) is 6.97. The largest absolute Gasteiger partial charge is 0.493 e. The van der Waals surface area contributed by atoms with Gasteiger partial charge in [0.05, 0.1) is 5.56 Å². The molecule has 15 heavy (non-hydrogen) atoms. The van der Waals surface area contributed by atoms with Crippen LogP contribution >= 0.6 is 0 Å². The summed E-state index contributed by atoms with van der Waals surface area (Å²) >= 11 is 0. The van der Waals surface area contributed by atoms with Gasteiger partial charge in [-0.3, -0.25) is 4.79 Å². The van der Waals surface area contributed by atoms with Gasteiger partial charge in [0.2, 0.25) is 5.88 Å². The Labute approximate surface area is 88.1 Å². The van der Waals surface area contributed by atoms with E-state index in [1.807, 2.05) is 13.8 Å². The van der Waals surface area contributed by atoms with Crippen LogP contribution in [0.25, 0.3) is 0 Å².